The zero-order chi connectivity index (χ0) is 12.3. The van der Waals surface area contributed by atoms with Gasteiger partial charge in [0.15, 0.2) is 11.0 Å². The van der Waals surface area contributed by atoms with Crippen molar-refractivity contribution in [1.82, 2.24) is 15.0 Å². The van der Waals surface area contributed by atoms with Crippen molar-refractivity contribution in [1.29, 1.82) is 0 Å². The molecule has 2 aromatic rings. The molecule has 0 atom stereocenters. The van der Waals surface area contributed by atoms with Crippen molar-refractivity contribution in [3.8, 4) is 0 Å². The molecule has 0 aromatic carbocycles. The van der Waals surface area contributed by atoms with Gasteiger partial charge in [-0.3, -0.25) is 0 Å². The third-order valence-electron chi connectivity index (χ3n) is 1.57. The van der Waals surface area contributed by atoms with Crippen molar-refractivity contribution in [2.75, 3.05) is 0 Å². The molecular weight excluding hydrogens is 275 g/mol. The Balaban J connectivity index is 0.000000606. The van der Waals surface area contributed by atoms with E-state index in [9.17, 15) is 4.39 Å². The van der Waals surface area contributed by atoms with Gasteiger partial charge in [0, 0.05) is 6.20 Å². The van der Waals surface area contributed by atoms with Crippen molar-refractivity contribution in [3.63, 3.8) is 0 Å². The van der Waals surface area contributed by atoms with Crippen LogP contribution in [0.5, 0.6) is 0 Å². The third kappa shape index (κ3) is 2.51. The molecule has 0 radical (unpaired) electrons. The van der Waals surface area contributed by atoms with Gasteiger partial charge in [-0.15, -0.1) is 0 Å². The predicted octanol–water partition coefficient (Wildman–Crippen LogP) is 4.15. The summed E-state index contributed by atoms with van der Waals surface area (Å²) in [6.45, 7) is 4.00. The largest absolute Gasteiger partial charge is 0.241 e. The van der Waals surface area contributed by atoms with E-state index in [0.717, 1.165) is 0 Å². The van der Waals surface area contributed by atoms with Crippen molar-refractivity contribution in [2.45, 2.75) is 13.8 Å². The van der Waals surface area contributed by atoms with Gasteiger partial charge in [-0.05, 0) is 11.6 Å². The standard InChI is InChI=1S/C7HCl3FN3.C2H6/c8-5-2-1-12-6(9)3(11)4(2)13-7(10)14-5;1-2/h1H;1-2H3. The molecule has 0 amide bonds. The van der Waals surface area contributed by atoms with Gasteiger partial charge in [-0.1, -0.05) is 37.0 Å². The monoisotopic (exact) mass is 281 g/mol. The molecule has 0 saturated heterocycles. The highest BCUT2D eigenvalue weighted by Gasteiger charge is 2.12. The predicted molar refractivity (Wildman–Crippen MR) is 63.7 cm³/mol. The SMILES string of the molecule is CC.Fc1c(Cl)ncc2c(Cl)nc(Cl)nc12. The second kappa shape index (κ2) is 5.57. The Bertz CT molecular complexity index is 519. The maximum Gasteiger partial charge on any atom is 0.224 e. The second-order valence-electron chi connectivity index (χ2n) is 2.41. The van der Waals surface area contributed by atoms with Crippen LogP contribution >= 0.6 is 34.8 Å². The fraction of sp³-hybridized carbons (Fsp3) is 0.222. The molecule has 2 aromatic heterocycles. The number of pyridine rings is 1. The summed E-state index contributed by atoms with van der Waals surface area (Å²) in [4.78, 5) is 10.9. The van der Waals surface area contributed by atoms with Crippen LogP contribution < -0.4 is 0 Å². The van der Waals surface area contributed by atoms with Crippen LogP contribution in [0.25, 0.3) is 10.9 Å². The van der Waals surface area contributed by atoms with Crippen molar-refractivity contribution in [3.05, 3.63) is 27.6 Å². The second-order valence-corrected chi connectivity index (χ2v) is 3.46. The molecule has 2 heterocycles. The minimum absolute atomic E-state index is 0.0324. The number of fused-ring (bicyclic) bond motifs is 1. The first-order valence-corrected chi connectivity index (χ1v) is 5.55. The third-order valence-corrected chi connectivity index (χ3v) is 2.29. The zero-order valence-electron chi connectivity index (χ0n) is 8.43. The molecule has 0 spiro atoms. The van der Waals surface area contributed by atoms with Gasteiger partial charge in [0.05, 0.1) is 5.39 Å². The maximum absolute atomic E-state index is 13.4. The first-order chi connectivity index (χ1) is 7.59. The van der Waals surface area contributed by atoms with Crippen LogP contribution in [-0.2, 0) is 0 Å². The summed E-state index contributed by atoms with van der Waals surface area (Å²) >= 11 is 16.7. The van der Waals surface area contributed by atoms with E-state index >= 15 is 0 Å². The topological polar surface area (TPSA) is 38.7 Å². The molecule has 16 heavy (non-hydrogen) atoms. The minimum atomic E-state index is -0.754. The number of rotatable bonds is 0. The van der Waals surface area contributed by atoms with E-state index in [-0.39, 0.29) is 26.5 Å². The molecule has 2 rings (SSSR count). The van der Waals surface area contributed by atoms with Gasteiger partial charge in [0.25, 0.3) is 0 Å². The summed E-state index contributed by atoms with van der Waals surface area (Å²) in [6, 6.07) is 0. The average Bonchev–Trinajstić information content (AvgIpc) is 2.27. The van der Waals surface area contributed by atoms with E-state index in [4.69, 9.17) is 34.8 Å². The van der Waals surface area contributed by atoms with Gasteiger partial charge in [-0.2, -0.15) is 0 Å². The highest BCUT2D eigenvalue weighted by Crippen LogP contribution is 2.26. The lowest BCUT2D eigenvalue weighted by Gasteiger charge is -2.01. The molecule has 0 N–H and O–H groups in total. The molecule has 0 saturated carbocycles. The lowest BCUT2D eigenvalue weighted by atomic mass is 10.3. The molecule has 0 aliphatic heterocycles. The van der Waals surface area contributed by atoms with Crippen LogP contribution in [0.3, 0.4) is 0 Å². The van der Waals surface area contributed by atoms with Crippen molar-refractivity contribution >= 4 is 45.7 Å². The van der Waals surface area contributed by atoms with Gasteiger partial charge in [-0.25, -0.2) is 19.3 Å². The van der Waals surface area contributed by atoms with Gasteiger partial charge in [0.1, 0.15) is 10.7 Å². The van der Waals surface area contributed by atoms with Crippen molar-refractivity contribution in [2.24, 2.45) is 0 Å². The smallest absolute Gasteiger partial charge is 0.224 e. The normalized spacial score (nSPS) is 9.88. The van der Waals surface area contributed by atoms with E-state index < -0.39 is 5.82 Å². The first kappa shape index (κ1) is 13.4. The first-order valence-electron chi connectivity index (χ1n) is 4.42. The summed E-state index contributed by atoms with van der Waals surface area (Å²) in [6.07, 6.45) is 1.29. The Morgan fingerprint density at radius 2 is 1.69 bits per heavy atom. The Hall–Kier alpha value is -0.710. The molecule has 0 fully saturated rings. The van der Waals surface area contributed by atoms with E-state index in [1.165, 1.54) is 6.20 Å². The quantitative estimate of drug-likeness (QED) is 0.414. The summed E-state index contributed by atoms with van der Waals surface area (Å²) < 4.78 is 13.4. The van der Waals surface area contributed by atoms with E-state index in [2.05, 4.69) is 15.0 Å². The van der Waals surface area contributed by atoms with Crippen LogP contribution in [-0.4, -0.2) is 15.0 Å². The van der Waals surface area contributed by atoms with E-state index in [1.54, 1.807) is 0 Å². The summed E-state index contributed by atoms with van der Waals surface area (Å²) in [5.74, 6) is -0.754. The number of halogens is 4. The number of nitrogens with zero attached hydrogens (tertiary/aromatic N) is 3. The average molecular weight is 283 g/mol. The lowest BCUT2D eigenvalue weighted by molar-refractivity contribution is 0.631. The fourth-order valence-electron chi connectivity index (χ4n) is 0.974. The maximum atomic E-state index is 13.4. The summed E-state index contributed by atoms with van der Waals surface area (Å²) in [5, 5.41) is -0.0898. The Labute approximate surface area is 107 Å². The minimum Gasteiger partial charge on any atom is -0.241 e. The molecule has 0 aliphatic rings. The molecule has 7 heteroatoms. The van der Waals surface area contributed by atoms with Crippen molar-refractivity contribution < 1.29 is 4.39 Å². The Kier molecular flexibility index (Phi) is 4.65. The van der Waals surface area contributed by atoms with Crippen LogP contribution in [0.1, 0.15) is 13.8 Å². The molecule has 0 unspecified atom stereocenters. The molecule has 86 valence electrons. The Morgan fingerprint density at radius 1 is 1.06 bits per heavy atom. The number of hydrogen-bond acceptors (Lipinski definition) is 3. The number of hydrogen-bond donors (Lipinski definition) is 0. The molecule has 0 aliphatic carbocycles. The molecular formula is C9H7Cl3FN3. The van der Waals surface area contributed by atoms with Gasteiger partial charge < -0.3 is 0 Å². The van der Waals surface area contributed by atoms with Crippen LogP contribution in [0.4, 0.5) is 4.39 Å². The van der Waals surface area contributed by atoms with Gasteiger partial charge >= 0.3 is 0 Å². The Morgan fingerprint density at radius 3 is 2.31 bits per heavy atom. The highest BCUT2D eigenvalue weighted by molar-refractivity contribution is 6.36. The van der Waals surface area contributed by atoms with Crippen LogP contribution in [0.2, 0.25) is 15.6 Å². The van der Waals surface area contributed by atoms with Crippen LogP contribution in [0, 0.1) is 5.82 Å². The summed E-state index contributed by atoms with van der Waals surface area (Å²) in [7, 11) is 0. The zero-order valence-corrected chi connectivity index (χ0v) is 10.7. The van der Waals surface area contributed by atoms with Gasteiger partial charge in [0.2, 0.25) is 5.28 Å². The molecule has 0 bridgehead atoms. The highest BCUT2D eigenvalue weighted by atomic mass is 35.5. The van der Waals surface area contributed by atoms with E-state index in [1.807, 2.05) is 13.8 Å². The fourth-order valence-corrected chi connectivity index (χ4v) is 1.54. The molecule has 3 nitrogen and oxygen atoms in total. The van der Waals surface area contributed by atoms with Crippen LogP contribution in [0.15, 0.2) is 6.20 Å². The summed E-state index contributed by atoms with van der Waals surface area (Å²) in [5.41, 5.74) is -0.0324. The number of aromatic nitrogens is 3. The van der Waals surface area contributed by atoms with E-state index in [0.29, 0.717) is 0 Å². The lowest BCUT2D eigenvalue weighted by Crippen LogP contribution is -1.92.